The van der Waals surface area contributed by atoms with E-state index in [-0.39, 0.29) is 30.3 Å². The average molecular weight is 359 g/mol. The van der Waals surface area contributed by atoms with Gasteiger partial charge < -0.3 is 24.3 Å². The van der Waals surface area contributed by atoms with Gasteiger partial charge in [-0.3, -0.25) is 9.59 Å². The lowest BCUT2D eigenvalue weighted by Gasteiger charge is -2.16. The molecule has 2 amide bonds. The highest BCUT2D eigenvalue weighted by Gasteiger charge is 2.39. The summed E-state index contributed by atoms with van der Waals surface area (Å²) >= 11 is 0. The van der Waals surface area contributed by atoms with Gasteiger partial charge in [-0.2, -0.15) is 0 Å². The molecule has 1 aliphatic rings. The molecule has 0 aliphatic carbocycles. The number of nitrogens with one attached hydrogen (secondary N) is 1. The minimum atomic E-state index is -0.374. The van der Waals surface area contributed by atoms with Crippen LogP contribution in [-0.4, -0.2) is 53.1 Å². The van der Waals surface area contributed by atoms with Crippen molar-refractivity contribution in [3.63, 3.8) is 0 Å². The van der Waals surface area contributed by atoms with E-state index in [0.29, 0.717) is 25.2 Å². The number of rotatable bonds is 5. The second-order valence-corrected chi connectivity index (χ2v) is 6.82. The Labute approximate surface area is 152 Å². The molecular formula is C19H25N3O4. The van der Waals surface area contributed by atoms with E-state index in [9.17, 15) is 14.7 Å². The molecule has 0 unspecified atom stereocenters. The molecule has 2 aromatic heterocycles. The van der Waals surface area contributed by atoms with Crippen LogP contribution in [0.1, 0.15) is 27.5 Å². The van der Waals surface area contributed by atoms with Gasteiger partial charge in [0.1, 0.15) is 5.76 Å². The highest BCUT2D eigenvalue weighted by atomic mass is 16.3. The standard InChI is InChI=1S/C19H25N3O4/c1-12-7-16(13(2)22(12)9-15-5-4-6-26-15)19(25)21-8-14(11-23)17(10-21)18(24)20-3/h4-7,14,17,23H,8-11H2,1-3H3,(H,20,24)/t14-,17+/m0/s1. The third kappa shape index (κ3) is 3.26. The number of amides is 2. The molecule has 2 N–H and O–H groups in total. The molecule has 3 rings (SSSR count). The zero-order chi connectivity index (χ0) is 18.8. The molecule has 1 aliphatic heterocycles. The molecule has 3 heterocycles. The maximum Gasteiger partial charge on any atom is 0.255 e. The quantitative estimate of drug-likeness (QED) is 0.839. The van der Waals surface area contributed by atoms with Crippen molar-refractivity contribution >= 4 is 11.8 Å². The van der Waals surface area contributed by atoms with Gasteiger partial charge in [-0.15, -0.1) is 0 Å². The van der Waals surface area contributed by atoms with Crippen LogP contribution in [0.15, 0.2) is 28.9 Å². The Bertz CT molecular complexity index is 794. The maximum absolute atomic E-state index is 13.0. The highest BCUT2D eigenvalue weighted by molar-refractivity contribution is 5.96. The molecule has 0 bridgehead atoms. The lowest BCUT2D eigenvalue weighted by molar-refractivity contribution is -0.125. The van der Waals surface area contributed by atoms with E-state index < -0.39 is 0 Å². The van der Waals surface area contributed by atoms with E-state index in [0.717, 1.165) is 17.1 Å². The highest BCUT2D eigenvalue weighted by Crippen LogP contribution is 2.27. The fourth-order valence-corrected chi connectivity index (χ4v) is 3.69. The normalized spacial score (nSPS) is 19.8. The number of hydrogen-bond acceptors (Lipinski definition) is 4. The summed E-state index contributed by atoms with van der Waals surface area (Å²) < 4.78 is 7.45. The van der Waals surface area contributed by atoms with Gasteiger partial charge in [0.15, 0.2) is 0 Å². The number of nitrogens with zero attached hydrogens (tertiary/aromatic N) is 2. The Kier molecular flexibility index (Phi) is 5.18. The first-order chi connectivity index (χ1) is 12.5. The van der Waals surface area contributed by atoms with Crippen molar-refractivity contribution < 1.29 is 19.1 Å². The number of carbonyl (C=O) groups excluding carboxylic acids is 2. The van der Waals surface area contributed by atoms with Crippen LogP contribution in [0.4, 0.5) is 0 Å². The predicted molar refractivity (Wildman–Crippen MR) is 95.8 cm³/mol. The molecule has 0 spiro atoms. The first kappa shape index (κ1) is 18.3. The van der Waals surface area contributed by atoms with Crippen molar-refractivity contribution in [2.24, 2.45) is 11.8 Å². The van der Waals surface area contributed by atoms with Gasteiger partial charge in [0.05, 0.1) is 24.3 Å². The molecule has 2 atom stereocenters. The molecule has 0 radical (unpaired) electrons. The van der Waals surface area contributed by atoms with E-state index >= 15 is 0 Å². The van der Waals surface area contributed by atoms with Crippen LogP contribution in [0, 0.1) is 25.7 Å². The van der Waals surface area contributed by atoms with Crippen LogP contribution in [0.2, 0.25) is 0 Å². The summed E-state index contributed by atoms with van der Waals surface area (Å²) in [6, 6.07) is 5.62. The summed E-state index contributed by atoms with van der Waals surface area (Å²) in [5.74, 6) is -0.0191. The minimum Gasteiger partial charge on any atom is -0.467 e. The molecular weight excluding hydrogens is 334 g/mol. The zero-order valence-corrected chi connectivity index (χ0v) is 15.4. The topological polar surface area (TPSA) is 87.7 Å². The number of aliphatic hydroxyl groups is 1. The lowest BCUT2D eigenvalue weighted by Crippen LogP contribution is -2.34. The molecule has 2 aromatic rings. The number of carbonyl (C=O) groups is 2. The number of likely N-dealkylation sites (tertiary alicyclic amines) is 1. The van der Waals surface area contributed by atoms with E-state index in [2.05, 4.69) is 5.32 Å². The molecule has 0 aromatic carbocycles. The Morgan fingerprint density at radius 3 is 2.73 bits per heavy atom. The molecule has 26 heavy (non-hydrogen) atoms. The van der Waals surface area contributed by atoms with Gasteiger partial charge in [0.25, 0.3) is 5.91 Å². The number of aryl methyl sites for hydroxylation is 1. The maximum atomic E-state index is 13.0. The summed E-state index contributed by atoms with van der Waals surface area (Å²) in [6.45, 7) is 5.04. The SMILES string of the molecule is CNC(=O)[C@@H]1CN(C(=O)c2cc(C)n(Cc3ccco3)c2C)C[C@H]1CO. The lowest BCUT2D eigenvalue weighted by atomic mass is 9.96. The van der Waals surface area contributed by atoms with Crippen LogP contribution in [-0.2, 0) is 11.3 Å². The fourth-order valence-electron chi connectivity index (χ4n) is 3.69. The summed E-state index contributed by atoms with van der Waals surface area (Å²) in [5.41, 5.74) is 2.47. The van der Waals surface area contributed by atoms with E-state index in [1.165, 1.54) is 0 Å². The zero-order valence-electron chi connectivity index (χ0n) is 15.4. The molecule has 7 heteroatoms. The third-order valence-electron chi connectivity index (χ3n) is 5.24. The van der Waals surface area contributed by atoms with Gasteiger partial charge in [-0.25, -0.2) is 0 Å². The molecule has 0 saturated carbocycles. The first-order valence-corrected chi connectivity index (χ1v) is 8.77. The fraction of sp³-hybridized carbons (Fsp3) is 0.474. The predicted octanol–water partition coefficient (Wildman–Crippen LogP) is 1.17. The van der Waals surface area contributed by atoms with Crippen molar-refractivity contribution in [3.05, 3.63) is 47.2 Å². The number of hydrogen-bond donors (Lipinski definition) is 2. The second kappa shape index (κ2) is 7.37. The summed E-state index contributed by atoms with van der Waals surface area (Å²) in [5, 5.41) is 12.2. The largest absolute Gasteiger partial charge is 0.467 e. The van der Waals surface area contributed by atoms with Gasteiger partial charge in [0, 0.05) is 44.0 Å². The number of aliphatic hydroxyl groups excluding tert-OH is 1. The van der Waals surface area contributed by atoms with Gasteiger partial charge in [0.2, 0.25) is 5.91 Å². The van der Waals surface area contributed by atoms with E-state index in [1.54, 1.807) is 18.2 Å². The van der Waals surface area contributed by atoms with Gasteiger partial charge in [-0.1, -0.05) is 0 Å². The first-order valence-electron chi connectivity index (χ1n) is 8.77. The van der Waals surface area contributed by atoms with Gasteiger partial charge >= 0.3 is 0 Å². The van der Waals surface area contributed by atoms with Crippen LogP contribution in [0.5, 0.6) is 0 Å². The number of aromatic nitrogens is 1. The van der Waals surface area contributed by atoms with Crippen molar-refractivity contribution in [1.82, 2.24) is 14.8 Å². The smallest absolute Gasteiger partial charge is 0.255 e. The van der Waals surface area contributed by atoms with Crippen LogP contribution in [0.3, 0.4) is 0 Å². The van der Waals surface area contributed by atoms with Crippen molar-refractivity contribution in [1.29, 1.82) is 0 Å². The number of furan rings is 1. The summed E-state index contributed by atoms with van der Waals surface area (Å²) in [6.07, 6.45) is 1.63. The molecule has 140 valence electrons. The van der Waals surface area contributed by atoms with Crippen LogP contribution >= 0.6 is 0 Å². The average Bonchev–Trinajstić information content (AvgIpc) is 3.36. The minimum absolute atomic E-state index is 0.103. The Morgan fingerprint density at radius 1 is 1.35 bits per heavy atom. The van der Waals surface area contributed by atoms with E-state index in [4.69, 9.17) is 4.42 Å². The van der Waals surface area contributed by atoms with Crippen molar-refractivity contribution in [2.75, 3.05) is 26.7 Å². The van der Waals surface area contributed by atoms with Crippen molar-refractivity contribution in [2.45, 2.75) is 20.4 Å². The Hall–Kier alpha value is -2.54. The van der Waals surface area contributed by atoms with Crippen LogP contribution in [0.25, 0.3) is 0 Å². The van der Waals surface area contributed by atoms with E-state index in [1.807, 2.05) is 36.6 Å². The molecule has 1 saturated heterocycles. The third-order valence-corrected chi connectivity index (χ3v) is 5.24. The second-order valence-electron chi connectivity index (χ2n) is 6.82. The Morgan fingerprint density at radius 2 is 2.12 bits per heavy atom. The molecule has 1 fully saturated rings. The molecule has 7 nitrogen and oxygen atoms in total. The van der Waals surface area contributed by atoms with Gasteiger partial charge in [-0.05, 0) is 32.0 Å². The monoisotopic (exact) mass is 359 g/mol. The Balaban J connectivity index is 1.81. The summed E-state index contributed by atoms with van der Waals surface area (Å²) in [4.78, 5) is 26.7. The van der Waals surface area contributed by atoms with Crippen molar-refractivity contribution in [3.8, 4) is 0 Å². The summed E-state index contributed by atoms with van der Waals surface area (Å²) in [7, 11) is 1.57. The van der Waals surface area contributed by atoms with Crippen LogP contribution < -0.4 is 5.32 Å².